The Labute approximate surface area is 236 Å². The summed E-state index contributed by atoms with van der Waals surface area (Å²) >= 11 is 3.49. The van der Waals surface area contributed by atoms with Gasteiger partial charge in [0.1, 0.15) is 11.5 Å². The molecule has 4 heterocycles. The van der Waals surface area contributed by atoms with E-state index in [2.05, 4.69) is 46.4 Å². The number of pyridine rings is 1. The number of nitrogen functional groups attached to an aromatic ring is 1. The zero-order chi connectivity index (χ0) is 27.2. The number of nitrogens with one attached hydrogen (secondary N) is 2. The van der Waals surface area contributed by atoms with Crippen LogP contribution < -0.4 is 16.4 Å². The summed E-state index contributed by atoms with van der Waals surface area (Å²) in [4.78, 5) is 42.4. The first-order valence-electron chi connectivity index (χ1n) is 13.3. The Bertz CT molecular complexity index is 1290. The predicted octanol–water partition coefficient (Wildman–Crippen LogP) is 3.78. The van der Waals surface area contributed by atoms with Crippen LogP contribution in [0.5, 0.6) is 0 Å². The summed E-state index contributed by atoms with van der Waals surface area (Å²) in [6, 6.07) is 9.87. The van der Waals surface area contributed by atoms with Gasteiger partial charge in [-0.1, -0.05) is 15.9 Å². The maximum Gasteiger partial charge on any atom is 0.275 e. The largest absolute Gasteiger partial charge is 0.384 e. The van der Waals surface area contributed by atoms with Crippen molar-refractivity contribution in [3.63, 3.8) is 0 Å². The fraction of sp³-hybridized carbons (Fsp3) is 0.393. The Morgan fingerprint density at radius 2 is 1.74 bits per heavy atom. The molecule has 0 spiro atoms. The zero-order valence-electron chi connectivity index (χ0n) is 21.7. The van der Waals surface area contributed by atoms with E-state index in [9.17, 15) is 9.59 Å². The van der Waals surface area contributed by atoms with Gasteiger partial charge in [-0.25, -0.2) is 9.97 Å². The molecule has 0 saturated carbocycles. The highest BCUT2D eigenvalue weighted by Crippen LogP contribution is 2.29. The number of rotatable bonds is 7. The lowest BCUT2D eigenvalue weighted by Gasteiger charge is -2.37. The first kappa shape index (κ1) is 27.0. The molecule has 5 rings (SSSR count). The minimum atomic E-state index is -0.319. The molecule has 0 radical (unpaired) electrons. The minimum absolute atomic E-state index is 0.0858. The molecular weight excluding hydrogens is 560 g/mol. The lowest BCUT2D eigenvalue weighted by Crippen LogP contribution is -2.47. The van der Waals surface area contributed by atoms with Gasteiger partial charge in [0, 0.05) is 54.7 Å². The van der Waals surface area contributed by atoms with Crippen molar-refractivity contribution >= 4 is 44.9 Å². The summed E-state index contributed by atoms with van der Waals surface area (Å²) in [5.41, 5.74) is 8.72. The number of hydrogen-bond acceptors (Lipinski definition) is 8. The Morgan fingerprint density at radius 3 is 2.46 bits per heavy atom. The molecule has 0 atom stereocenters. The average Bonchev–Trinajstić information content (AvgIpc) is 2.95. The Morgan fingerprint density at radius 1 is 0.949 bits per heavy atom. The molecule has 2 aliphatic heterocycles. The number of piperidine rings is 2. The van der Waals surface area contributed by atoms with Gasteiger partial charge in [0.15, 0.2) is 0 Å². The molecule has 2 amide bonds. The van der Waals surface area contributed by atoms with Gasteiger partial charge in [0.05, 0.1) is 17.6 Å². The highest BCUT2D eigenvalue weighted by Gasteiger charge is 2.31. The third-order valence-corrected chi connectivity index (χ3v) is 7.87. The number of likely N-dealkylation sites (tertiary alicyclic amines) is 2. The Kier molecular flexibility index (Phi) is 8.67. The highest BCUT2D eigenvalue weighted by atomic mass is 79.9. The molecule has 39 heavy (non-hydrogen) atoms. The van der Waals surface area contributed by atoms with Gasteiger partial charge in [0.25, 0.3) is 5.91 Å². The van der Waals surface area contributed by atoms with Crippen LogP contribution in [0.3, 0.4) is 0 Å². The number of halogens is 1. The summed E-state index contributed by atoms with van der Waals surface area (Å²) in [5, 5.41) is 6.51. The van der Waals surface area contributed by atoms with Crippen LogP contribution in [0.1, 0.15) is 41.7 Å². The molecule has 4 N–H and O–H groups in total. The fourth-order valence-electron chi connectivity index (χ4n) is 5.26. The smallest absolute Gasteiger partial charge is 0.275 e. The minimum Gasteiger partial charge on any atom is -0.384 e. The van der Waals surface area contributed by atoms with E-state index in [4.69, 9.17) is 5.73 Å². The van der Waals surface area contributed by atoms with E-state index in [1.165, 1.54) is 18.6 Å². The molecule has 2 fully saturated rings. The Hall–Kier alpha value is -3.57. The molecule has 2 saturated heterocycles. The molecule has 1 aromatic carbocycles. The maximum absolute atomic E-state index is 13.3. The van der Waals surface area contributed by atoms with Gasteiger partial charge >= 0.3 is 0 Å². The number of amides is 2. The monoisotopic (exact) mass is 592 g/mol. The second kappa shape index (κ2) is 12.5. The SMILES string of the molecule is Nc1cc(CN2CCC(C(=O)N3CCC(Nc4ccc(Br)cc4NC(=O)c4cnccn4)CC3)CC2)ccn1. The number of benzene rings is 1. The highest BCUT2D eigenvalue weighted by molar-refractivity contribution is 9.10. The van der Waals surface area contributed by atoms with Gasteiger partial charge in [-0.05, 0) is 74.7 Å². The van der Waals surface area contributed by atoms with E-state index in [0.29, 0.717) is 11.5 Å². The van der Waals surface area contributed by atoms with Gasteiger partial charge in [-0.3, -0.25) is 19.5 Å². The van der Waals surface area contributed by atoms with E-state index in [0.717, 1.165) is 74.1 Å². The van der Waals surface area contributed by atoms with Crippen molar-refractivity contribution in [1.82, 2.24) is 24.8 Å². The fourth-order valence-corrected chi connectivity index (χ4v) is 5.62. The summed E-state index contributed by atoms with van der Waals surface area (Å²) in [7, 11) is 0. The van der Waals surface area contributed by atoms with E-state index >= 15 is 0 Å². The molecule has 2 aliphatic rings. The van der Waals surface area contributed by atoms with E-state index in [1.54, 1.807) is 6.20 Å². The standard InChI is InChI=1S/C28H33BrN8O2/c29-21-1-2-23(24(16-21)35-27(38)25-17-31-9-10-32-25)34-22-6-13-37(14-7-22)28(39)20-4-11-36(12-5-20)18-19-3-8-33-26(30)15-19/h1-3,8-10,15-17,20,22,34H,4-7,11-14,18H2,(H2,30,33)(H,35,38). The molecular formula is C28H33BrN8O2. The van der Waals surface area contributed by atoms with Crippen molar-refractivity contribution in [3.05, 3.63) is 70.8 Å². The average molecular weight is 594 g/mol. The van der Waals surface area contributed by atoms with Crippen molar-refractivity contribution in [2.75, 3.05) is 42.5 Å². The van der Waals surface area contributed by atoms with Crippen LogP contribution in [0.4, 0.5) is 17.2 Å². The van der Waals surface area contributed by atoms with Crippen LogP contribution in [-0.2, 0) is 11.3 Å². The maximum atomic E-state index is 13.3. The van der Waals surface area contributed by atoms with Crippen molar-refractivity contribution < 1.29 is 9.59 Å². The molecule has 0 unspecified atom stereocenters. The van der Waals surface area contributed by atoms with Crippen LogP contribution in [-0.4, -0.2) is 68.8 Å². The first-order valence-corrected chi connectivity index (χ1v) is 14.1. The van der Waals surface area contributed by atoms with Crippen LogP contribution in [0.15, 0.2) is 59.6 Å². The second-order valence-electron chi connectivity index (χ2n) is 10.1. The van der Waals surface area contributed by atoms with Gasteiger partial charge in [0.2, 0.25) is 5.91 Å². The number of nitrogens with zero attached hydrogens (tertiary/aromatic N) is 5. The van der Waals surface area contributed by atoms with Crippen LogP contribution in [0, 0.1) is 5.92 Å². The van der Waals surface area contributed by atoms with Crippen LogP contribution in [0.25, 0.3) is 0 Å². The molecule has 11 heteroatoms. The zero-order valence-corrected chi connectivity index (χ0v) is 23.3. The first-order chi connectivity index (χ1) is 18.9. The molecule has 0 aliphatic carbocycles. The number of carbonyl (C=O) groups is 2. The van der Waals surface area contributed by atoms with Crippen molar-refractivity contribution in [2.24, 2.45) is 5.92 Å². The quantitative estimate of drug-likeness (QED) is 0.378. The number of hydrogen-bond donors (Lipinski definition) is 3. The number of anilines is 3. The van der Waals surface area contributed by atoms with Gasteiger partial charge < -0.3 is 21.3 Å². The number of nitrogens with two attached hydrogens (primary N) is 1. The van der Waals surface area contributed by atoms with Crippen LogP contribution in [0.2, 0.25) is 0 Å². The summed E-state index contributed by atoms with van der Waals surface area (Å²) in [5.74, 6) is 0.587. The predicted molar refractivity (Wildman–Crippen MR) is 154 cm³/mol. The summed E-state index contributed by atoms with van der Waals surface area (Å²) < 4.78 is 0.860. The third kappa shape index (κ3) is 7.10. The van der Waals surface area contributed by atoms with Crippen molar-refractivity contribution in [2.45, 2.75) is 38.3 Å². The van der Waals surface area contributed by atoms with Gasteiger partial charge in [-0.15, -0.1) is 0 Å². The number of aromatic nitrogens is 3. The van der Waals surface area contributed by atoms with Crippen LogP contribution >= 0.6 is 15.9 Å². The lowest BCUT2D eigenvalue weighted by molar-refractivity contribution is -0.138. The van der Waals surface area contributed by atoms with E-state index in [-0.39, 0.29) is 29.5 Å². The van der Waals surface area contributed by atoms with Crippen molar-refractivity contribution in [1.29, 1.82) is 0 Å². The molecule has 10 nitrogen and oxygen atoms in total. The normalized spacial score (nSPS) is 17.1. The molecule has 2 aromatic heterocycles. The summed E-state index contributed by atoms with van der Waals surface area (Å²) in [6.07, 6.45) is 9.66. The number of carbonyl (C=O) groups excluding carboxylic acids is 2. The molecule has 0 bridgehead atoms. The topological polar surface area (TPSA) is 129 Å². The van der Waals surface area contributed by atoms with E-state index in [1.807, 2.05) is 35.2 Å². The third-order valence-electron chi connectivity index (χ3n) is 7.38. The second-order valence-corrected chi connectivity index (χ2v) is 11.0. The molecule has 204 valence electrons. The Balaban J connectivity index is 1.11. The lowest BCUT2D eigenvalue weighted by atomic mass is 9.93. The van der Waals surface area contributed by atoms with Crippen molar-refractivity contribution in [3.8, 4) is 0 Å². The summed E-state index contributed by atoms with van der Waals surface area (Å²) in [6.45, 7) is 4.10. The molecule has 3 aromatic rings. The van der Waals surface area contributed by atoms with E-state index < -0.39 is 0 Å². The van der Waals surface area contributed by atoms with Gasteiger partial charge in [-0.2, -0.15) is 0 Å².